The average Bonchev–Trinajstić information content (AvgIpc) is 3.55. The molecular formula is C32H48O9. The van der Waals surface area contributed by atoms with Gasteiger partial charge >= 0.3 is 0 Å². The maximum absolute atomic E-state index is 12.2. The zero-order valence-corrected chi connectivity index (χ0v) is 25.5. The highest BCUT2D eigenvalue weighted by Crippen LogP contribution is 2.61. The van der Waals surface area contributed by atoms with Gasteiger partial charge in [0.25, 0.3) is 0 Å². The molecule has 9 heteroatoms. The Morgan fingerprint density at radius 2 is 1.83 bits per heavy atom. The molecule has 0 radical (unpaired) electrons. The van der Waals surface area contributed by atoms with E-state index < -0.39 is 46.6 Å². The van der Waals surface area contributed by atoms with Crippen molar-refractivity contribution in [3.63, 3.8) is 0 Å². The lowest BCUT2D eigenvalue weighted by molar-refractivity contribution is -0.248. The number of hydrogen-bond acceptors (Lipinski definition) is 9. The van der Waals surface area contributed by atoms with Crippen LogP contribution in [-0.2, 0) is 35.0 Å². The monoisotopic (exact) mass is 576 g/mol. The molecule has 0 amide bonds. The summed E-state index contributed by atoms with van der Waals surface area (Å²) in [4.78, 5) is 0. The first kappa shape index (κ1) is 30.9. The third-order valence-corrected chi connectivity index (χ3v) is 10.5. The van der Waals surface area contributed by atoms with Crippen molar-refractivity contribution in [1.82, 2.24) is 0 Å². The van der Waals surface area contributed by atoms with Crippen LogP contribution < -0.4 is 4.74 Å². The Bertz CT molecular complexity index is 1070. The Morgan fingerprint density at radius 1 is 1.12 bits per heavy atom. The van der Waals surface area contributed by atoms with Gasteiger partial charge < -0.3 is 43.4 Å². The molecule has 0 spiro atoms. The Balaban J connectivity index is 1.54. The van der Waals surface area contributed by atoms with Gasteiger partial charge in [-0.3, -0.25) is 0 Å². The largest absolute Gasteiger partial charge is 0.497 e. The fourth-order valence-corrected chi connectivity index (χ4v) is 8.22. The predicted octanol–water partition coefficient (Wildman–Crippen LogP) is 3.84. The highest BCUT2D eigenvalue weighted by molar-refractivity contribution is 5.27. The van der Waals surface area contributed by atoms with Crippen LogP contribution >= 0.6 is 0 Å². The lowest BCUT2D eigenvalue weighted by Gasteiger charge is -2.50. The minimum absolute atomic E-state index is 0.0425. The van der Waals surface area contributed by atoms with E-state index in [1.807, 2.05) is 52.0 Å². The van der Waals surface area contributed by atoms with E-state index in [2.05, 4.69) is 13.5 Å². The lowest BCUT2D eigenvalue weighted by atomic mass is 9.66. The van der Waals surface area contributed by atoms with Crippen molar-refractivity contribution < 1.29 is 43.4 Å². The summed E-state index contributed by atoms with van der Waals surface area (Å²) in [6, 6.07) is 7.71. The number of ether oxygens (including phenoxy) is 7. The Labute approximate surface area is 244 Å². The van der Waals surface area contributed by atoms with Crippen LogP contribution in [0.5, 0.6) is 5.75 Å². The molecule has 1 aliphatic carbocycles. The van der Waals surface area contributed by atoms with Crippen LogP contribution in [0.1, 0.15) is 53.0 Å². The lowest BCUT2D eigenvalue weighted by Crippen LogP contribution is -2.63. The summed E-state index contributed by atoms with van der Waals surface area (Å²) in [7, 11) is 3.24. The molecule has 2 N–H and O–H groups in total. The molecule has 41 heavy (non-hydrogen) atoms. The van der Waals surface area contributed by atoms with Crippen LogP contribution in [0.15, 0.2) is 36.9 Å². The quantitative estimate of drug-likeness (QED) is 0.318. The number of hydrogen-bond donors (Lipinski definition) is 2. The number of methoxy groups -OCH3 is 2. The molecule has 0 aromatic heterocycles. The number of aliphatic hydroxyl groups is 2. The molecule has 230 valence electrons. The van der Waals surface area contributed by atoms with Gasteiger partial charge in [0, 0.05) is 18.4 Å². The molecule has 1 aromatic carbocycles. The third kappa shape index (κ3) is 4.96. The average molecular weight is 577 g/mol. The molecular weight excluding hydrogens is 528 g/mol. The van der Waals surface area contributed by atoms with Crippen molar-refractivity contribution in [3.05, 3.63) is 42.5 Å². The van der Waals surface area contributed by atoms with E-state index in [0.29, 0.717) is 13.0 Å². The van der Waals surface area contributed by atoms with Crippen LogP contribution in [0.2, 0.25) is 0 Å². The minimum Gasteiger partial charge on any atom is -0.497 e. The van der Waals surface area contributed by atoms with Crippen molar-refractivity contribution in [2.75, 3.05) is 27.6 Å². The van der Waals surface area contributed by atoms with Crippen LogP contribution in [0.4, 0.5) is 0 Å². The zero-order valence-electron chi connectivity index (χ0n) is 25.5. The van der Waals surface area contributed by atoms with Gasteiger partial charge in [0.05, 0.1) is 44.2 Å². The summed E-state index contributed by atoms with van der Waals surface area (Å²) >= 11 is 0. The van der Waals surface area contributed by atoms with Crippen LogP contribution in [0.25, 0.3) is 0 Å². The van der Waals surface area contributed by atoms with E-state index >= 15 is 0 Å². The van der Waals surface area contributed by atoms with Gasteiger partial charge in [-0.2, -0.15) is 0 Å². The van der Waals surface area contributed by atoms with Gasteiger partial charge in [0.1, 0.15) is 30.4 Å². The Hall–Kier alpha value is -1.56. The van der Waals surface area contributed by atoms with Crippen molar-refractivity contribution >= 4 is 0 Å². The summed E-state index contributed by atoms with van der Waals surface area (Å²) < 4.78 is 43.3. The van der Waals surface area contributed by atoms with E-state index in [4.69, 9.17) is 33.2 Å². The standard InChI is InChI=1S/C32H48O9/c1-9-23(37-16-20-10-12-21(36-8)13-11-20)31(17-39-30(5,6)41-31)24-19(2)25-26(38-18-35-7)22-14-15-32(34,29(22,3)4)28(33)27(24)40-25/h9-13,19,22-28,33-34H,1,14-18H2,2-8H3/t19-,22+,23+,24+,25-,26+,27+,28-,31-,32+/m0/s1. The maximum atomic E-state index is 12.2. The van der Waals surface area contributed by atoms with E-state index in [1.54, 1.807) is 20.3 Å². The molecule has 1 saturated carbocycles. The van der Waals surface area contributed by atoms with Crippen LogP contribution in [0.3, 0.4) is 0 Å². The fraction of sp³-hybridized carbons (Fsp3) is 0.750. The summed E-state index contributed by atoms with van der Waals surface area (Å²) in [5.41, 5.74) is -2.08. The highest BCUT2D eigenvalue weighted by atomic mass is 16.8. The Kier molecular flexibility index (Phi) is 8.42. The molecule has 5 rings (SSSR count). The first-order valence-electron chi connectivity index (χ1n) is 14.7. The van der Waals surface area contributed by atoms with Crippen molar-refractivity contribution in [2.45, 2.75) is 102 Å². The number of aliphatic hydroxyl groups excluding tert-OH is 1. The number of fused-ring (bicyclic) bond motifs is 4. The van der Waals surface area contributed by atoms with Crippen LogP contribution in [-0.4, -0.2) is 85.3 Å². The molecule has 4 fully saturated rings. The van der Waals surface area contributed by atoms with Crippen molar-refractivity contribution in [3.8, 4) is 5.75 Å². The van der Waals surface area contributed by atoms with Gasteiger partial charge in [-0.05, 0) is 56.2 Å². The third-order valence-electron chi connectivity index (χ3n) is 10.5. The Morgan fingerprint density at radius 3 is 2.41 bits per heavy atom. The van der Waals surface area contributed by atoms with E-state index in [0.717, 1.165) is 17.7 Å². The molecule has 1 aromatic rings. The number of benzene rings is 1. The molecule has 0 unspecified atom stereocenters. The van der Waals surface area contributed by atoms with Gasteiger partial charge in [0.15, 0.2) is 5.79 Å². The smallest absolute Gasteiger partial charge is 0.163 e. The summed E-state index contributed by atoms with van der Waals surface area (Å²) in [5.74, 6) is -0.723. The summed E-state index contributed by atoms with van der Waals surface area (Å²) in [5, 5.41) is 24.2. The normalized spacial score (nSPS) is 41.5. The maximum Gasteiger partial charge on any atom is 0.163 e. The molecule has 3 aliphatic heterocycles. The highest BCUT2D eigenvalue weighted by Gasteiger charge is 2.71. The van der Waals surface area contributed by atoms with Gasteiger partial charge in [0.2, 0.25) is 0 Å². The second-order valence-corrected chi connectivity index (χ2v) is 13.3. The van der Waals surface area contributed by atoms with Crippen molar-refractivity contribution in [2.24, 2.45) is 23.2 Å². The molecule has 10 atom stereocenters. The SMILES string of the molecule is C=C[C@@H](OCc1ccc(OC)cc1)[C@]1([C@@H]2[C@H](C)[C@@H]3O[C@H]2[C@H](O)[C@]2(O)CC[C@H]([C@H]3OCOC)C2(C)C)COC(C)(C)O1. The minimum atomic E-state index is -1.38. The first-order valence-corrected chi connectivity index (χ1v) is 14.7. The topological polar surface area (TPSA) is 105 Å². The van der Waals surface area contributed by atoms with E-state index in [-0.39, 0.29) is 37.4 Å². The van der Waals surface area contributed by atoms with Gasteiger partial charge in [-0.25, -0.2) is 0 Å². The molecule has 4 aliphatic rings. The second-order valence-electron chi connectivity index (χ2n) is 13.3. The van der Waals surface area contributed by atoms with Gasteiger partial charge in [-0.1, -0.05) is 39.0 Å². The molecule has 9 nitrogen and oxygen atoms in total. The second kappa shape index (κ2) is 11.2. The van der Waals surface area contributed by atoms with E-state index in [1.165, 1.54) is 0 Å². The van der Waals surface area contributed by atoms with E-state index in [9.17, 15) is 10.2 Å². The van der Waals surface area contributed by atoms with Crippen molar-refractivity contribution in [1.29, 1.82) is 0 Å². The van der Waals surface area contributed by atoms with Crippen LogP contribution in [0, 0.1) is 23.2 Å². The molecule has 3 saturated heterocycles. The predicted molar refractivity (Wildman–Crippen MR) is 151 cm³/mol. The zero-order chi connectivity index (χ0) is 29.8. The first-order chi connectivity index (χ1) is 19.3. The number of rotatable bonds is 10. The molecule has 3 heterocycles. The summed E-state index contributed by atoms with van der Waals surface area (Å²) in [6.07, 6.45) is -0.299. The fourth-order valence-electron chi connectivity index (χ4n) is 8.22. The van der Waals surface area contributed by atoms with Gasteiger partial charge in [-0.15, -0.1) is 6.58 Å². The summed E-state index contributed by atoms with van der Waals surface area (Å²) in [6.45, 7) is 14.7. The molecule has 4 bridgehead atoms.